The molecule has 0 aliphatic heterocycles. The maximum absolute atomic E-state index is 3.36. The van der Waals surface area contributed by atoms with Crippen LogP contribution in [0.25, 0.3) is 0 Å². The van der Waals surface area contributed by atoms with Crippen molar-refractivity contribution in [2.75, 3.05) is 0 Å². The van der Waals surface area contributed by atoms with E-state index in [1.165, 1.54) is 101 Å². The number of hydrogen-bond donors (Lipinski definition) is 0. The monoisotopic (exact) mass is 444 g/mol. The Bertz CT molecular complexity index is 397. The fourth-order valence-electron chi connectivity index (χ4n) is 3.44. The molecule has 0 N–H and O–H groups in total. The minimum absolute atomic E-state index is 0. The predicted molar refractivity (Wildman–Crippen MR) is 117 cm³/mol. The van der Waals surface area contributed by atoms with Gasteiger partial charge in [0, 0.05) is 0 Å². The van der Waals surface area contributed by atoms with Gasteiger partial charge in [-0.3, -0.25) is 12.2 Å². The first-order valence-corrected chi connectivity index (χ1v) is 11.4. The molecule has 0 aromatic rings. The third kappa shape index (κ3) is 16.5. The summed E-state index contributed by atoms with van der Waals surface area (Å²) in [6, 6.07) is 0. The number of rotatable bonds is 14. The van der Waals surface area contributed by atoms with Crippen molar-refractivity contribution < 1.29 is 26.2 Å². The fraction of sp³-hybridized carbons (Fsp3) is 0.692. The van der Waals surface area contributed by atoms with E-state index in [0.29, 0.717) is 0 Å². The van der Waals surface area contributed by atoms with Crippen LogP contribution in [0, 0.1) is 12.2 Å². The molecule has 2 aliphatic carbocycles. The molecule has 0 spiro atoms. The van der Waals surface area contributed by atoms with Crippen LogP contribution in [0.1, 0.15) is 117 Å². The molecule has 0 nitrogen and oxygen atoms in total. The summed E-state index contributed by atoms with van der Waals surface area (Å²) in [5, 5.41) is 0. The summed E-state index contributed by atoms with van der Waals surface area (Å²) in [6.45, 7) is 4.53. The number of unbranched alkanes of at least 4 members (excludes halogenated alkanes) is 10. The van der Waals surface area contributed by atoms with E-state index in [1.54, 1.807) is 0 Å². The predicted octanol–water partition coefficient (Wildman–Crippen LogP) is 8.85. The Balaban J connectivity index is 0.000000483. The van der Waals surface area contributed by atoms with E-state index in [1.807, 2.05) is 0 Å². The Kier molecular flexibility index (Phi) is 20.5. The van der Waals surface area contributed by atoms with Crippen molar-refractivity contribution in [2.45, 2.75) is 117 Å². The molecular weight excluding hydrogens is 404 g/mol. The Morgan fingerprint density at radius 3 is 1.30 bits per heavy atom. The zero-order valence-electron chi connectivity index (χ0n) is 18.1. The summed E-state index contributed by atoms with van der Waals surface area (Å²) in [4.78, 5) is 0. The molecule has 0 bridgehead atoms. The molecule has 0 saturated carbocycles. The summed E-state index contributed by atoms with van der Waals surface area (Å²) >= 11 is 0. The van der Waals surface area contributed by atoms with E-state index in [4.69, 9.17) is 0 Å². The van der Waals surface area contributed by atoms with Gasteiger partial charge in [-0.2, -0.15) is 12.2 Å². The van der Waals surface area contributed by atoms with Crippen LogP contribution in [0.2, 0.25) is 0 Å². The molecule has 2 aliphatic rings. The summed E-state index contributed by atoms with van der Waals surface area (Å²) in [5.41, 5.74) is 2.88. The standard InChI is InChI=1S/2C13H21.Zr/c2*1-2-3-4-5-6-7-10-13-11-8-9-12-13;/h2*8,11H,2-7,9-10H2,1H3;/q2*-1;+2. The normalized spacial score (nSPS) is 14.4. The van der Waals surface area contributed by atoms with Gasteiger partial charge in [0.2, 0.25) is 0 Å². The minimum Gasteiger partial charge on any atom is -0.269 e. The Hall–Kier alpha value is -0.157. The van der Waals surface area contributed by atoms with Gasteiger partial charge in [-0.25, -0.2) is 23.3 Å². The molecule has 2 rings (SSSR count). The molecule has 0 unspecified atom stereocenters. The third-order valence-electron chi connectivity index (χ3n) is 5.13. The molecule has 0 aromatic heterocycles. The molecule has 0 atom stereocenters. The van der Waals surface area contributed by atoms with Crippen LogP contribution in [-0.2, 0) is 26.2 Å². The fourth-order valence-corrected chi connectivity index (χ4v) is 3.44. The maximum Gasteiger partial charge on any atom is 2.00 e. The van der Waals surface area contributed by atoms with E-state index < -0.39 is 0 Å². The van der Waals surface area contributed by atoms with Crippen molar-refractivity contribution in [3.8, 4) is 0 Å². The SMILES string of the molecule is CCCCCCCCC1=[C-]CC=C1.CCCCCCCCC1=[C-]CC=C1.[Zr+2]. The third-order valence-corrected chi connectivity index (χ3v) is 5.13. The second-order valence-corrected chi connectivity index (χ2v) is 7.65. The molecule has 0 radical (unpaired) electrons. The van der Waals surface area contributed by atoms with Gasteiger partial charge >= 0.3 is 26.2 Å². The van der Waals surface area contributed by atoms with Crippen LogP contribution in [0.15, 0.2) is 35.5 Å². The summed E-state index contributed by atoms with van der Waals surface area (Å²) in [5.74, 6) is 0. The van der Waals surface area contributed by atoms with Crippen LogP contribution < -0.4 is 0 Å². The summed E-state index contributed by atoms with van der Waals surface area (Å²) in [7, 11) is 0. The smallest absolute Gasteiger partial charge is 0.269 e. The van der Waals surface area contributed by atoms with Gasteiger partial charge < -0.3 is 0 Å². The first-order valence-electron chi connectivity index (χ1n) is 11.4. The van der Waals surface area contributed by atoms with Gasteiger partial charge in [-0.15, -0.1) is 12.8 Å². The number of hydrogen-bond acceptors (Lipinski definition) is 0. The van der Waals surface area contributed by atoms with Crippen molar-refractivity contribution in [1.29, 1.82) is 0 Å². The van der Waals surface area contributed by atoms with Gasteiger partial charge in [0.25, 0.3) is 0 Å². The van der Waals surface area contributed by atoms with E-state index in [2.05, 4.69) is 50.3 Å². The van der Waals surface area contributed by atoms with Crippen molar-refractivity contribution in [2.24, 2.45) is 0 Å². The van der Waals surface area contributed by atoms with Gasteiger partial charge in [-0.1, -0.05) is 104 Å². The first-order chi connectivity index (χ1) is 12.9. The van der Waals surface area contributed by atoms with Crippen molar-refractivity contribution in [3.63, 3.8) is 0 Å². The molecule has 0 amide bonds. The average Bonchev–Trinajstić information content (AvgIpc) is 3.35. The van der Waals surface area contributed by atoms with Crippen LogP contribution in [0.5, 0.6) is 0 Å². The Labute approximate surface area is 189 Å². The van der Waals surface area contributed by atoms with E-state index >= 15 is 0 Å². The second kappa shape index (κ2) is 20.6. The molecule has 0 fully saturated rings. The van der Waals surface area contributed by atoms with E-state index in [9.17, 15) is 0 Å². The molecule has 1 heteroatoms. The van der Waals surface area contributed by atoms with E-state index in [-0.39, 0.29) is 26.2 Å². The van der Waals surface area contributed by atoms with Gasteiger partial charge in [0.1, 0.15) is 0 Å². The maximum atomic E-state index is 3.36. The Morgan fingerprint density at radius 1 is 0.593 bits per heavy atom. The van der Waals surface area contributed by atoms with Gasteiger partial charge in [0.15, 0.2) is 0 Å². The molecule has 150 valence electrons. The van der Waals surface area contributed by atoms with Crippen LogP contribution in [-0.4, -0.2) is 0 Å². The minimum atomic E-state index is 0. The zero-order valence-corrected chi connectivity index (χ0v) is 20.6. The van der Waals surface area contributed by atoms with Crippen LogP contribution in [0.3, 0.4) is 0 Å². The summed E-state index contributed by atoms with van der Waals surface area (Å²) < 4.78 is 0. The first kappa shape index (κ1) is 26.8. The summed E-state index contributed by atoms with van der Waals surface area (Å²) in [6.07, 6.45) is 36.9. The molecule has 0 aromatic carbocycles. The molecule has 0 saturated heterocycles. The van der Waals surface area contributed by atoms with Gasteiger partial charge in [0.05, 0.1) is 0 Å². The van der Waals surface area contributed by atoms with Gasteiger partial charge in [-0.05, 0) is 0 Å². The van der Waals surface area contributed by atoms with Crippen molar-refractivity contribution >= 4 is 0 Å². The quantitative estimate of drug-likeness (QED) is 0.185. The Morgan fingerprint density at radius 2 is 0.963 bits per heavy atom. The topological polar surface area (TPSA) is 0 Å². The molecule has 0 heterocycles. The van der Waals surface area contributed by atoms with Crippen molar-refractivity contribution in [1.82, 2.24) is 0 Å². The average molecular weight is 446 g/mol. The van der Waals surface area contributed by atoms with E-state index in [0.717, 1.165) is 12.8 Å². The molecular formula is C26H42Zr. The zero-order chi connectivity index (χ0) is 18.7. The largest absolute Gasteiger partial charge is 2.00 e. The second-order valence-electron chi connectivity index (χ2n) is 7.65. The van der Waals surface area contributed by atoms with Crippen LogP contribution in [0.4, 0.5) is 0 Å². The van der Waals surface area contributed by atoms with Crippen molar-refractivity contribution in [3.05, 3.63) is 47.6 Å². The molecule has 27 heavy (non-hydrogen) atoms. The van der Waals surface area contributed by atoms with Crippen LogP contribution >= 0.6 is 0 Å². The number of allylic oxidation sites excluding steroid dienone is 8.